The molecule has 57 heavy (non-hydrogen) atoms. The minimum absolute atomic E-state index is 0.197. The molecule has 1 aliphatic carbocycles. The van der Waals surface area contributed by atoms with Crippen LogP contribution < -0.4 is 0 Å². The molecule has 0 saturated heterocycles. The summed E-state index contributed by atoms with van der Waals surface area (Å²) in [5.74, 6) is 0.634. The number of aliphatic hydroxyl groups is 1. The van der Waals surface area contributed by atoms with Gasteiger partial charge in [-0.25, -0.2) is 0 Å². The number of rotatable bonds is 5. The Kier molecular flexibility index (Phi) is 12.0. The number of benzene rings is 3. The van der Waals surface area contributed by atoms with Gasteiger partial charge >= 0.3 is 0 Å². The molecule has 0 amide bonds. The second-order valence-electron chi connectivity index (χ2n) is 23.9. The number of allylic oxidation sites excluding steroid dienone is 2. The zero-order valence-electron chi connectivity index (χ0n) is 40.3. The van der Waals surface area contributed by atoms with Gasteiger partial charge in [0.05, 0.1) is 6.10 Å². The van der Waals surface area contributed by atoms with E-state index in [1.165, 1.54) is 77.9 Å². The van der Waals surface area contributed by atoms with Crippen LogP contribution in [0.25, 0.3) is 0 Å². The van der Waals surface area contributed by atoms with Crippen molar-refractivity contribution in [3.63, 3.8) is 0 Å². The van der Waals surface area contributed by atoms with Crippen LogP contribution in [0.3, 0.4) is 0 Å². The van der Waals surface area contributed by atoms with Crippen LogP contribution in [0, 0.1) is 31.6 Å². The van der Waals surface area contributed by atoms with Crippen molar-refractivity contribution < 1.29 is 15.3 Å². The average Bonchev–Trinajstić information content (AvgIpc) is 3.00. The van der Waals surface area contributed by atoms with Crippen molar-refractivity contribution in [2.24, 2.45) is 10.8 Å². The highest BCUT2D eigenvalue weighted by Crippen LogP contribution is 2.57. The third-order valence-electron chi connectivity index (χ3n) is 12.8. The molecule has 3 heteroatoms. The summed E-state index contributed by atoms with van der Waals surface area (Å²) in [6, 6.07) is 7.99. The molecule has 0 fully saturated rings. The first kappa shape index (κ1) is 46.4. The van der Waals surface area contributed by atoms with E-state index in [9.17, 15) is 15.3 Å². The molecular formula is C54H80O3. The van der Waals surface area contributed by atoms with Gasteiger partial charge in [0, 0.05) is 5.41 Å². The maximum absolute atomic E-state index is 11.5. The predicted octanol–water partition coefficient (Wildman–Crippen LogP) is 14.0. The first-order chi connectivity index (χ1) is 25.4. The smallest absolute Gasteiger partial charge is 0.116 e. The maximum Gasteiger partial charge on any atom is 0.116 e. The Labute approximate surface area is 349 Å². The molecule has 3 aromatic rings. The van der Waals surface area contributed by atoms with Gasteiger partial charge in [-0.05, 0) is 164 Å². The van der Waals surface area contributed by atoms with Crippen LogP contribution in [0.15, 0.2) is 47.6 Å². The van der Waals surface area contributed by atoms with Crippen LogP contribution in [0.1, 0.15) is 198 Å². The highest BCUT2D eigenvalue weighted by molar-refractivity contribution is 5.65. The fourth-order valence-corrected chi connectivity index (χ4v) is 10.5. The summed E-state index contributed by atoms with van der Waals surface area (Å²) in [6.07, 6.45) is 5.05. The van der Waals surface area contributed by atoms with E-state index in [1.807, 2.05) is 24.3 Å². The quantitative estimate of drug-likeness (QED) is 0.226. The van der Waals surface area contributed by atoms with Crippen LogP contribution in [-0.2, 0) is 39.9 Å². The zero-order valence-corrected chi connectivity index (χ0v) is 40.3. The second-order valence-corrected chi connectivity index (χ2v) is 23.9. The van der Waals surface area contributed by atoms with Crippen LogP contribution in [0.4, 0.5) is 0 Å². The van der Waals surface area contributed by atoms with E-state index in [1.54, 1.807) is 0 Å². The summed E-state index contributed by atoms with van der Waals surface area (Å²) < 4.78 is 0. The van der Waals surface area contributed by atoms with E-state index < -0.39 is 11.5 Å². The third-order valence-corrected chi connectivity index (χ3v) is 12.8. The molecule has 0 bridgehead atoms. The standard InChI is InChI=1S/C54H80O3/c1-31-37(29-39-41(48(4,5)6)23-34(55)24-42(39)49(7,8)9)32(2)47(54(22)45(52(16,17)18)27-36(57)28-46(54)53(19,20)21)33(3)38(31)30-40-43(50(10,11)12)25-35(56)26-44(40)51(13,14)15/h23-28,36,55-57H,29-30H2,1-22H3. The Bertz CT molecular complexity index is 1880. The Morgan fingerprint density at radius 1 is 0.439 bits per heavy atom. The SMILES string of the molecule is Cc1c(Cc2c(C(C)(C)C)cc(O)cc2C(C)(C)C)c(C)c(C2(C)C(C(C)(C)C)=CC(O)C=C2C(C)(C)C)c(C)c1Cc1c(C(C)(C)C)cc(O)cc1C(C)(C)C. The molecule has 0 unspecified atom stereocenters. The molecule has 3 aromatic carbocycles. The van der Waals surface area contributed by atoms with Crippen molar-refractivity contribution in [1.82, 2.24) is 0 Å². The molecule has 1 aliphatic rings. The highest BCUT2D eigenvalue weighted by atomic mass is 16.3. The monoisotopic (exact) mass is 777 g/mol. The number of phenols is 2. The molecule has 0 heterocycles. The highest BCUT2D eigenvalue weighted by Gasteiger charge is 2.48. The topological polar surface area (TPSA) is 60.7 Å². The van der Waals surface area contributed by atoms with Crippen molar-refractivity contribution in [1.29, 1.82) is 0 Å². The Morgan fingerprint density at radius 3 is 0.930 bits per heavy atom. The van der Waals surface area contributed by atoms with Gasteiger partial charge in [0.1, 0.15) is 11.5 Å². The minimum Gasteiger partial charge on any atom is -0.508 e. The van der Waals surface area contributed by atoms with Crippen LogP contribution in [0.2, 0.25) is 0 Å². The Morgan fingerprint density at radius 2 is 0.702 bits per heavy atom. The molecule has 3 N–H and O–H groups in total. The number of hydrogen-bond acceptors (Lipinski definition) is 3. The molecule has 3 nitrogen and oxygen atoms in total. The van der Waals surface area contributed by atoms with E-state index in [0.29, 0.717) is 11.5 Å². The lowest BCUT2D eigenvalue weighted by Crippen LogP contribution is -2.43. The normalized spacial score (nSPS) is 18.8. The van der Waals surface area contributed by atoms with Gasteiger partial charge in [0.2, 0.25) is 0 Å². The molecule has 0 atom stereocenters. The summed E-state index contributed by atoms with van der Waals surface area (Å²) >= 11 is 0. The molecule has 0 spiro atoms. The molecule has 0 aliphatic heterocycles. The van der Waals surface area contributed by atoms with Gasteiger partial charge in [0.15, 0.2) is 0 Å². The van der Waals surface area contributed by atoms with E-state index >= 15 is 0 Å². The van der Waals surface area contributed by atoms with E-state index in [4.69, 9.17) is 0 Å². The maximum atomic E-state index is 11.5. The summed E-state index contributed by atoms with van der Waals surface area (Å²) in [7, 11) is 0. The predicted molar refractivity (Wildman–Crippen MR) is 246 cm³/mol. The van der Waals surface area contributed by atoms with E-state index in [-0.39, 0.29) is 32.5 Å². The number of hydrogen-bond donors (Lipinski definition) is 3. The second kappa shape index (κ2) is 14.8. The lowest BCUT2D eigenvalue weighted by Gasteiger charge is -2.50. The van der Waals surface area contributed by atoms with Gasteiger partial charge < -0.3 is 15.3 Å². The number of phenolic OH excluding ortho intramolecular Hbond substituents is 2. The molecular weight excluding hydrogens is 697 g/mol. The molecule has 0 radical (unpaired) electrons. The minimum atomic E-state index is -0.659. The van der Waals surface area contributed by atoms with Crippen LogP contribution in [0.5, 0.6) is 11.5 Å². The van der Waals surface area contributed by atoms with Gasteiger partial charge in [-0.15, -0.1) is 0 Å². The van der Waals surface area contributed by atoms with Gasteiger partial charge in [0.25, 0.3) is 0 Å². The summed E-state index contributed by atoms with van der Waals surface area (Å²) in [6.45, 7) is 50.3. The fraction of sp³-hybridized carbons (Fsp3) is 0.593. The van der Waals surface area contributed by atoms with Gasteiger partial charge in [-0.1, -0.05) is 148 Å². The van der Waals surface area contributed by atoms with Gasteiger partial charge in [-0.3, -0.25) is 0 Å². The molecule has 4 rings (SSSR count). The Hall–Kier alpha value is -3.30. The van der Waals surface area contributed by atoms with E-state index in [2.05, 4.69) is 164 Å². The fourth-order valence-electron chi connectivity index (χ4n) is 10.5. The van der Waals surface area contributed by atoms with Crippen molar-refractivity contribution >= 4 is 0 Å². The first-order valence-corrected chi connectivity index (χ1v) is 21.4. The summed E-state index contributed by atoms with van der Waals surface area (Å²) in [4.78, 5) is 0. The number of aliphatic hydroxyl groups excluding tert-OH is 1. The molecule has 0 aromatic heterocycles. The Balaban J connectivity index is 2.33. The first-order valence-electron chi connectivity index (χ1n) is 21.4. The molecule has 314 valence electrons. The van der Waals surface area contributed by atoms with E-state index in [0.717, 1.165) is 12.8 Å². The van der Waals surface area contributed by atoms with Crippen molar-refractivity contribution in [2.45, 2.75) is 198 Å². The number of aromatic hydroxyl groups is 2. The average molecular weight is 777 g/mol. The zero-order chi connectivity index (χ0) is 44.0. The van der Waals surface area contributed by atoms with Crippen LogP contribution >= 0.6 is 0 Å². The van der Waals surface area contributed by atoms with Crippen molar-refractivity contribution in [3.8, 4) is 11.5 Å². The summed E-state index contributed by atoms with van der Waals surface area (Å²) in [5, 5.41) is 33.9. The largest absolute Gasteiger partial charge is 0.508 e. The van der Waals surface area contributed by atoms with Gasteiger partial charge in [-0.2, -0.15) is 0 Å². The molecule has 0 saturated carbocycles. The van der Waals surface area contributed by atoms with Crippen LogP contribution in [-0.4, -0.2) is 21.4 Å². The summed E-state index contributed by atoms with van der Waals surface area (Å²) in [5.41, 5.74) is 15.9. The third kappa shape index (κ3) is 9.00. The van der Waals surface area contributed by atoms with Crippen molar-refractivity contribution in [3.05, 3.63) is 114 Å². The lowest BCUT2D eigenvalue weighted by atomic mass is 9.54. The lowest BCUT2D eigenvalue weighted by molar-refractivity contribution is 0.245. The van der Waals surface area contributed by atoms with Crippen molar-refractivity contribution in [2.75, 3.05) is 0 Å².